The molecule has 0 saturated carbocycles. The topological polar surface area (TPSA) is 107 Å². The van der Waals surface area contributed by atoms with Gasteiger partial charge in [-0.05, 0) is 42.0 Å². The molecule has 0 aliphatic carbocycles. The van der Waals surface area contributed by atoms with Gasteiger partial charge in [-0.2, -0.15) is 5.10 Å². The van der Waals surface area contributed by atoms with Gasteiger partial charge in [-0.25, -0.2) is 17.5 Å². The third-order valence-electron chi connectivity index (χ3n) is 4.14. The summed E-state index contributed by atoms with van der Waals surface area (Å²) < 4.78 is 44.6. The second-order valence-electron chi connectivity index (χ2n) is 6.26. The summed E-state index contributed by atoms with van der Waals surface area (Å²) in [4.78, 5) is 24.0. The molecule has 0 radical (unpaired) electrons. The fraction of sp³-hybridized carbons (Fsp3) is 0.150. The van der Waals surface area contributed by atoms with Crippen molar-refractivity contribution < 1.29 is 22.3 Å². The van der Waals surface area contributed by atoms with Gasteiger partial charge in [0, 0.05) is 12.6 Å². The number of nitrogens with one attached hydrogen (secondary N) is 1. The zero-order chi connectivity index (χ0) is 21.7. The Bertz CT molecular complexity index is 1240. The molecule has 30 heavy (non-hydrogen) atoms. The predicted octanol–water partition coefficient (Wildman–Crippen LogP) is 1.54. The van der Waals surface area contributed by atoms with Crippen molar-refractivity contribution in [1.82, 2.24) is 15.1 Å². The second-order valence-corrected chi connectivity index (χ2v) is 8.15. The normalized spacial score (nSPS) is 11.1. The van der Waals surface area contributed by atoms with Crippen molar-refractivity contribution in [3.05, 3.63) is 82.4 Å². The van der Waals surface area contributed by atoms with Crippen LogP contribution in [-0.4, -0.2) is 31.2 Å². The molecule has 1 amide bonds. The Kier molecular flexibility index (Phi) is 6.26. The van der Waals surface area contributed by atoms with Crippen LogP contribution in [0.15, 0.2) is 75.4 Å². The third kappa shape index (κ3) is 4.90. The van der Waals surface area contributed by atoms with Crippen molar-refractivity contribution >= 4 is 15.7 Å². The van der Waals surface area contributed by atoms with Crippen molar-refractivity contribution in [2.75, 3.05) is 7.11 Å². The molecule has 3 rings (SSSR count). The Hall–Kier alpha value is -3.53. The minimum absolute atomic E-state index is 0.187. The SMILES string of the molecule is COc1cccc(CNC(=O)Cn2nc(S(=O)(=O)c3cccc(F)c3)ccc2=O)c1. The van der Waals surface area contributed by atoms with Crippen LogP contribution in [0.2, 0.25) is 0 Å². The zero-order valence-corrected chi connectivity index (χ0v) is 16.7. The van der Waals surface area contributed by atoms with Crippen LogP contribution in [0.4, 0.5) is 4.39 Å². The van der Waals surface area contributed by atoms with Gasteiger partial charge in [-0.3, -0.25) is 9.59 Å². The fourth-order valence-electron chi connectivity index (χ4n) is 2.62. The lowest BCUT2D eigenvalue weighted by molar-refractivity contribution is -0.122. The monoisotopic (exact) mass is 431 g/mol. The van der Waals surface area contributed by atoms with Crippen molar-refractivity contribution in [2.24, 2.45) is 0 Å². The molecule has 0 saturated heterocycles. The van der Waals surface area contributed by atoms with E-state index in [1.165, 1.54) is 19.2 Å². The maximum Gasteiger partial charge on any atom is 0.267 e. The lowest BCUT2D eigenvalue weighted by atomic mass is 10.2. The molecule has 0 unspecified atom stereocenters. The summed E-state index contributed by atoms with van der Waals surface area (Å²) in [6.45, 7) is -0.290. The number of nitrogens with zero attached hydrogens (tertiary/aromatic N) is 2. The van der Waals surface area contributed by atoms with Gasteiger partial charge in [0.05, 0.1) is 12.0 Å². The van der Waals surface area contributed by atoms with Crippen LogP contribution in [-0.2, 0) is 27.7 Å². The highest BCUT2D eigenvalue weighted by Crippen LogP contribution is 2.18. The van der Waals surface area contributed by atoms with Crippen LogP contribution in [0.3, 0.4) is 0 Å². The van der Waals surface area contributed by atoms with Crippen LogP contribution in [0, 0.1) is 5.82 Å². The number of aromatic nitrogens is 2. The van der Waals surface area contributed by atoms with Crippen LogP contribution >= 0.6 is 0 Å². The van der Waals surface area contributed by atoms with Crippen molar-refractivity contribution in [3.8, 4) is 5.75 Å². The number of methoxy groups -OCH3 is 1. The molecule has 3 aromatic rings. The first-order chi connectivity index (χ1) is 14.3. The number of benzene rings is 2. The highest BCUT2D eigenvalue weighted by Gasteiger charge is 2.21. The van der Waals surface area contributed by atoms with Gasteiger partial charge in [-0.15, -0.1) is 0 Å². The number of ether oxygens (including phenoxy) is 1. The third-order valence-corrected chi connectivity index (χ3v) is 5.78. The number of halogens is 1. The van der Waals surface area contributed by atoms with E-state index in [9.17, 15) is 22.4 Å². The quantitative estimate of drug-likeness (QED) is 0.608. The van der Waals surface area contributed by atoms with E-state index < -0.39 is 38.7 Å². The molecule has 0 bridgehead atoms. The Morgan fingerprint density at radius 2 is 1.90 bits per heavy atom. The lowest BCUT2D eigenvalue weighted by Crippen LogP contribution is -2.33. The molecular weight excluding hydrogens is 413 g/mol. The Balaban J connectivity index is 1.76. The first-order valence-corrected chi connectivity index (χ1v) is 10.3. The smallest absolute Gasteiger partial charge is 0.267 e. The zero-order valence-electron chi connectivity index (χ0n) is 15.9. The fourth-order valence-corrected chi connectivity index (χ4v) is 3.84. The summed E-state index contributed by atoms with van der Waals surface area (Å²) in [5, 5.41) is 5.95. The second kappa shape index (κ2) is 8.87. The van der Waals surface area contributed by atoms with E-state index in [4.69, 9.17) is 4.74 Å². The Morgan fingerprint density at radius 1 is 1.13 bits per heavy atom. The van der Waals surface area contributed by atoms with Crippen LogP contribution < -0.4 is 15.6 Å². The lowest BCUT2D eigenvalue weighted by Gasteiger charge is -2.09. The number of carbonyl (C=O) groups excluding carboxylic acids is 1. The van der Waals surface area contributed by atoms with E-state index in [0.717, 1.165) is 34.5 Å². The maximum atomic E-state index is 13.4. The van der Waals surface area contributed by atoms with E-state index in [0.29, 0.717) is 5.75 Å². The Labute approximate surface area is 171 Å². The molecule has 1 heterocycles. The minimum atomic E-state index is -4.16. The van der Waals surface area contributed by atoms with Crippen LogP contribution in [0.5, 0.6) is 5.75 Å². The van der Waals surface area contributed by atoms with E-state index >= 15 is 0 Å². The van der Waals surface area contributed by atoms with Crippen LogP contribution in [0.25, 0.3) is 0 Å². The summed E-state index contributed by atoms with van der Waals surface area (Å²) >= 11 is 0. The number of carbonyl (C=O) groups is 1. The number of sulfone groups is 1. The summed E-state index contributed by atoms with van der Waals surface area (Å²) in [7, 11) is -2.63. The van der Waals surface area contributed by atoms with Gasteiger partial charge in [0.25, 0.3) is 5.56 Å². The standard InChI is InChI=1S/C20H18FN3O5S/c1-29-16-6-2-4-14(10-16)12-22-18(25)13-24-20(26)9-8-19(23-24)30(27,28)17-7-3-5-15(21)11-17/h2-11H,12-13H2,1H3,(H,22,25). The molecule has 0 atom stereocenters. The summed E-state index contributed by atoms with van der Waals surface area (Å²) in [6, 6.07) is 13.5. The molecule has 2 aromatic carbocycles. The van der Waals surface area contributed by atoms with E-state index in [2.05, 4.69) is 10.4 Å². The van der Waals surface area contributed by atoms with Crippen LogP contribution in [0.1, 0.15) is 5.56 Å². The van der Waals surface area contributed by atoms with E-state index in [-0.39, 0.29) is 11.4 Å². The maximum absolute atomic E-state index is 13.4. The Morgan fingerprint density at radius 3 is 2.63 bits per heavy atom. The molecule has 1 aromatic heterocycles. The van der Waals surface area contributed by atoms with E-state index in [1.807, 2.05) is 0 Å². The van der Waals surface area contributed by atoms with Gasteiger partial charge in [0.1, 0.15) is 18.1 Å². The molecule has 1 N–H and O–H groups in total. The molecule has 0 spiro atoms. The number of rotatable bonds is 7. The molecule has 0 aliphatic rings. The van der Waals surface area contributed by atoms with Crippen molar-refractivity contribution in [3.63, 3.8) is 0 Å². The summed E-state index contributed by atoms with van der Waals surface area (Å²) in [5.74, 6) is -0.621. The molecule has 0 fully saturated rings. The van der Waals surface area contributed by atoms with Gasteiger partial charge in [0.15, 0.2) is 5.03 Å². The van der Waals surface area contributed by atoms with Crippen molar-refractivity contribution in [2.45, 2.75) is 23.0 Å². The number of hydrogen-bond acceptors (Lipinski definition) is 6. The van der Waals surface area contributed by atoms with Gasteiger partial charge < -0.3 is 10.1 Å². The molecule has 156 valence electrons. The molecule has 8 nitrogen and oxygen atoms in total. The van der Waals surface area contributed by atoms with Gasteiger partial charge in [0.2, 0.25) is 15.7 Å². The minimum Gasteiger partial charge on any atom is -0.497 e. The number of amides is 1. The summed E-state index contributed by atoms with van der Waals surface area (Å²) in [6.07, 6.45) is 0. The molecule has 10 heteroatoms. The highest BCUT2D eigenvalue weighted by molar-refractivity contribution is 7.91. The predicted molar refractivity (Wildman–Crippen MR) is 105 cm³/mol. The number of hydrogen-bond donors (Lipinski definition) is 1. The molecule has 0 aliphatic heterocycles. The molecular formula is C20H18FN3O5S. The summed E-state index contributed by atoms with van der Waals surface area (Å²) in [5.41, 5.74) is 0.134. The van der Waals surface area contributed by atoms with E-state index in [1.54, 1.807) is 24.3 Å². The largest absolute Gasteiger partial charge is 0.497 e. The first kappa shape index (κ1) is 21.2. The average molecular weight is 431 g/mol. The van der Waals surface area contributed by atoms with Gasteiger partial charge >= 0.3 is 0 Å². The first-order valence-electron chi connectivity index (χ1n) is 8.78. The highest BCUT2D eigenvalue weighted by atomic mass is 32.2. The average Bonchev–Trinajstić information content (AvgIpc) is 2.74. The van der Waals surface area contributed by atoms with Crippen molar-refractivity contribution in [1.29, 1.82) is 0 Å². The van der Waals surface area contributed by atoms with Gasteiger partial charge in [-0.1, -0.05) is 18.2 Å².